The zero-order valence-electron chi connectivity index (χ0n) is 10.8. The van der Waals surface area contributed by atoms with E-state index in [2.05, 4.69) is 41.0 Å². The largest absolute Gasteiger partial charge is 0.359 e. The lowest BCUT2D eigenvalue weighted by molar-refractivity contribution is 0.839. The average Bonchev–Trinajstić information content (AvgIpc) is 2.86. The molecule has 4 heteroatoms. The molecule has 0 N–H and O–H groups in total. The molecule has 0 atom stereocenters. The fourth-order valence-corrected chi connectivity index (χ4v) is 3.63. The van der Waals surface area contributed by atoms with Crippen molar-refractivity contribution in [2.45, 2.75) is 24.7 Å². The second kappa shape index (κ2) is 4.76. The summed E-state index contributed by atoms with van der Waals surface area (Å²) in [5, 5.41) is 1.26. The predicted molar refractivity (Wildman–Crippen MR) is 77.5 cm³/mol. The summed E-state index contributed by atoms with van der Waals surface area (Å²) in [5.41, 5.74) is 2.51. The normalized spacial score (nSPS) is 13.9. The summed E-state index contributed by atoms with van der Waals surface area (Å²) in [4.78, 5) is 12.6. The molecule has 1 aliphatic rings. The van der Waals surface area contributed by atoms with Crippen molar-refractivity contribution < 1.29 is 0 Å². The van der Waals surface area contributed by atoms with Crippen molar-refractivity contribution in [3.63, 3.8) is 0 Å². The van der Waals surface area contributed by atoms with Gasteiger partial charge in [-0.25, -0.2) is 9.97 Å². The van der Waals surface area contributed by atoms with Gasteiger partial charge in [0, 0.05) is 29.6 Å². The Kier molecular flexibility index (Phi) is 3.12. The van der Waals surface area contributed by atoms with Gasteiger partial charge in [-0.05, 0) is 30.5 Å². The maximum Gasteiger partial charge on any atom is 0.139 e. The number of rotatable bonds is 3. The third-order valence-electron chi connectivity index (χ3n) is 3.38. The zero-order chi connectivity index (χ0) is 12.5. The predicted octanol–water partition coefficient (Wildman–Crippen LogP) is 3.12. The fourth-order valence-electron chi connectivity index (χ4n) is 2.56. The number of fused-ring (bicyclic) bond motifs is 3. The molecule has 1 aliphatic heterocycles. The van der Waals surface area contributed by atoms with E-state index in [-0.39, 0.29) is 0 Å². The Hall–Kier alpha value is -1.29. The average molecular weight is 259 g/mol. The highest BCUT2D eigenvalue weighted by molar-refractivity contribution is 7.99. The van der Waals surface area contributed by atoms with Gasteiger partial charge in [0.05, 0.1) is 5.52 Å². The van der Waals surface area contributed by atoms with Gasteiger partial charge >= 0.3 is 0 Å². The van der Waals surface area contributed by atoms with Crippen LogP contribution < -0.4 is 4.90 Å². The molecule has 1 aromatic carbocycles. The van der Waals surface area contributed by atoms with Crippen LogP contribution in [0.25, 0.3) is 10.9 Å². The van der Waals surface area contributed by atoms with Crippen LogP contribution in [0.4, 0.5) is 5.82 Å². The van der Waals surface area contributed by atoms with Crippen LogP contribution in [0, 0.1) is 0 Å². The third-order valence-corrected chi connectivity index (χ3v) is 4.48. The first-order valence-corrected chi connectivity index (χ1v) is 7.40. The Morgan fingerprint density at radius 1 is 1.33 bits per heavy atom. The molecule has 0 aliphatic carbocycles. The number of nitrogens with zero attached hydrogens (tertiary/aromatic N) is 3. The number of aromatic nitrogens is 2. The minimum Gasteiger partial charge on any atom is -0.359 e. The van der Waals surface area contributed by atoms with Gasteiger partial charge in [0.1, 0.15) is 12.1 Å². The summed E-state index contributed by atoms with van der Waals surface area (Å²) in [7, 11) is 2.12. The molecule has 0 amide bonds. The third kappa shape index (κ3) is 1.85. The molecule has 0 saturated carbocycles. The monoisotopic (exact) mass is 259 g/mol. The lowest BCUT2D eigenvalue weighted by Crippen LogP contribution is -2.19. The standard InChI is InChI=1S/C14H17N3S/c1-3-7-17(2)14-13-10-6-8-18-12(10)5-4-11(13)15-9-16-14/h4-5,9H,3,6-8H2,1-2H3. The van der Waals surface area contributed by atoms with Crippen LogP contribution in [-0.2, 0) is 6.42 Å². The second-order valence-corrected chi connectivity index (χ2v) is 5.79. The Morgan fingerprint density at radius 3 is 3.06 bits per heavy atom. The van der Waals surface area contributed by atoms with Crippen LogP contribution in [0.2, 0.25) is 0 Å². The summed E-state index contributed by atoms with van der Waals surface area (Å²) in [6.07, 6.45) is 3.95. The van der Waals surface area contributed by atoms with Crippen LogP contribution in [0.5, 0.6) is 0 Å². The molecule has 0 spiro atoms. The quantitative estimate of drug-likeness (QED) is 0.847. The van der Waals surface area contributed by atoms with Crippen molar-refractivity contribution in [3.8, 4) is 0 Å². The van der Waals surface area contributed by atoms with Crippen molar-refractivity contribution in [3.05, 3.63) is 24.0 Å². The van der Waals surface area contributed by atoms with Crippen molar-refractivity contribution in [2.75, 3.05) is 24.2 Å². The van der Waals surface area contributed by atoms with Crippen LogP contribution in [0.1, 0.15) is 18.9 Å². The number of hydrogen-bond donors (Lipinski definition) is 0. The molecule has 0 unspecified atom stereocenters. The zero-order valence-corrected chi connectivity index (χ0v) is 11.6. The van der Waals surface area contributed by atoms with Gasteiger partial charge in [0.2, 0.25) is 0 Å². The molecule has 0 bridgehead atoms. The number of anilines is 1. The molecular formula is C14H17N3S. The summed E-state index contributed by atoms with van der Waals surface area (Å²) >= 11 is 1.94. The van der Waals surface area contributed by atoms with Gasteiger partial charge in [-0.1, -0.05) is 6.92 Å². The van der Waals surface area contributed by atoms with Gasteiger partial charge in [0.25, 0.3) is 0 Å². The van der Waals surface area contributed by atoms with Gasteiger partial charge < -0.3 is 4.90 Å². The Labute approximate surface area is 112 Å². The van der Waals surface area contributed by atoms with E-state index in [1.54, 1.807) is 6.33 Å². The van der Waals surface area contributed by atoms with E-state index in [0.29, 0.717) is 0 Å². The molecule has 0 radical (unpaired) electrons. The molecule has 2 heterocycles. The van der Waals surface area contributed by atoms with Gasteiger partial charge in [-0.2, -0.15) is 0 Å². The topological polar surface area (TPSA) is 29.0 Å². The molecule has 0 saturated heterocycles. The summed E-state index contributed by atoms with van der Waals surface area (Å²) in [6, 6.07) is 4.32. The minimum absolute atomic E-state index is 1.03. The first kappa shape index (κ1) is 11.8. The fraction of sp³-hybridized carbons (Fsp3) is 0.429. The van der Waals surface area contributed by atoms with E-state index in [0.717, 1.165) is 30.7 Å². The first-order chi connectivity index (χ1) is 8.81. The molecule has 1 aromatic heterocycles. The smallest absolute Gasteiger partial charge is 0.139 e. The Balaban J connectivity index is 2.22. The van der Waals surface area contributed by atoms with Crippen molar-refractivity contribution in [1.82, 2.24) is 9.97 Å². The summed E-state index contributed by atoms with van der Waals surface area (Å²) < 4.78 is 0. The van der Waals surface area contributed by atoms with Crippen LogP contribution in [-0.4, -0.2) is 29.3 Å². The maximum atomic E-state index is 4.51. The van der Waals surface area contributed by atoms with Crippen LogP contribution in [0.3, 0.4) is 0 Å². The summed E-state index contributed by atoms with van der Waals surface area (Å²) in [6.45, 7) is 3.23. The molecule has 2 aromatic rings. The first-order valence-electron chi connectivity index (χ1n) is 6.41. The maximum absolute atomic E-state index is 4.51. The molecule has 0 fully saturated rings. The molecule has 3 rings (SSSR count). The molecular weight excluding hydrogens is 242 g/mol. The van der Waals surface area contributed by atoms with E-state index in [9.17, 15) is 0 Å². The van der Waals surface area contributed by atoms with E-state index in [1.807, 2.05) is 11.8 Å². The second-order valence-electron chi connectivity index (χ2n) is 4.65. The van der Waals surface area contributed by atoms with Crippen molar-refractivity contribution >= 4 is 28.5 Å². The van der Waals surface area contributed by atoms with E-state index < -0.39 is 0 Å². The lowest BCUT2D eigenvalue weighted by Gasteiger charge is -2.19. The summed E-state index contributed by atoms with van der Waals surface area (Å²) in [5.74, 6) is 2.27. The number of aryl methyl sites for hydroxylation is 1. The lowest BCUT2D eigenvalue weighted by atomic mass is 10.1. The number of hydrogen-bond acceptors (Lipinski definition) is 4. The minimum atomic E-state index is 1.03. The van der Waals surface area contributed by atoms with Crippen LogP contribution in [0.15, 0.2) is 23.4 Å². The number of thioether (sulfide) groups is 1. The van der Waals surface area contributed by atoms with Gasteiger partial charge in [-0.15, -0.1) is 11.8 Å². The molecule has 18 heavy (non-hydrogen) atoms. The number of benzene rings is 1. The van der Waals surface area contributed by atoms with Crippen molar-refractivity contribution in [2.24, 2.45) is 0 Å². The SMILES string of the molecule is CCCN(C)c1ncnc2ccc3c(c12)CCS3. The Morgan fingerprint density at radius 2 is 2.22 bits per heavy atom. The Bertz CT molecular complexity index is 583. The highest BCUT2D eigenvalue weighted by Gasteiger charge is 2.19. The van der Waals surface area contributed by atoms with Crippen molar-refractivity contribution in [1.29, 1.82) is 0 Å². The van der Waals surface area contributed by atoms with E-state index in [1.165, 1.54) is 21.6 Å². The highest BCUT2D eigenvalue weighted by atomic mass is 32.2. The highest BCUT2D eigenvalue weighted by Crippen LogP contribution is 2.38. The van der Waals surface area contributed by atoms with Crippen LogP contribution >= 0.6 is 11.8 Å². The van der Waals surface area contributed by atoms with Gasteiger partial charge in [-0.3, -0.25) is 0 Å². The van der Waals surface area contributed by atoms with E-state index in [4.69, 9.17) is 0 Å². The molecule has 3 nitrogen and oxygen atoms in total. The van der Waals surface area contributed by atoms with Gasteiger partial charge in [0.15, 0.2) is 0 Å². The molecule has 94 valence electrons. The van der Waals surface area contributed by atoms with E-state index >= 15 is 0 Å².